The fourth-order valence-electron chi connectivity index (χ4n) is 2.75. The Morgan fingerprint density at radius 2 is 1.79 bits per heavy atom. The zero-order chi connectivity index (χ0) is 20.0. The average molecular weight is 513 g/mol. The smallest absolute Gasteiger partial charge is 0.191 e. The number of benzene rings is 2. The number of nitrogens with one attached hydrogen (secondary N) is 2. The Bertz CT molecular complexity index is 696. The Morgan fingerprint density at radius 3 is 2.41 bits per heavy atom. The Hall–Kier alpha value is -1.84. The summed E-state index contributed by atoms with van der Waals surface area (Å²) in [5.41, 5.74) is 2.24. The predicted molar refractivity (Wildman–Crippen MR) is 128 cm³/mol. The summed E-state index contributed by atoms with van der Waals surface area (Å²) in [5.74, 6) is 1.61. The highest BCUT2D eigenvalue weighted by Gasteiger charge is 2.10. The first kappa shape index (κ1) is 25.2. The first-order valence-electron chi connectivity index (χ1n) is 9.57. The lowest BCUT2D eigenvalue weighted by molar-refractivity contribution is 0.119. The van der Waals surface area contributed by atoms with Gasteiger partial charge >= 0.3 is 0 Å². The number of ether oxygens (including phenoxy) is 2. The van der Waals surface area contributed by atoms with Gasteiger partial charge in [-0.05, 0) is 29.7 Å². The largest absolute Gasteiger partial charge is 0.497 e. The van der Waals surface area contributed by atoms with Crippen molar-refractivity contribution in [2.75, 3.05) is 40.5 Å². The molecule has 0 saturated heterocycles. The van der Waals surface area contributed by atoms with Crippen molar-refractivity contribution < 1.29 is 14.6 Å². The Kier molecular flexibility index (Phi) is 13.1. The van der Waals surface area contributed by atoms with Crippen LogP contribution in [0, 0.1) is 0 Å². The number of aliphatic hydroxyl groups excluding tert-OH is 1. The van der Waals surface area contributed by atoms with Crippen LogP contribution in [0.25, 0.3) is 0 Å². The number of guanidine groups is 1. The average Bonchev–Trinajstić information content (AvgIpc) is 2.76. The molecule has 7 heteroatoms. The summed E-state index contributed by atoms with van der Waals surface area (Å²) in [6.45, 7) is 2.73. The maximum atomic E-state index is 9.64. The topological polar surface area (TPSA) is 75.1 Å². The van der Waals surface area contributed by atoms with Gasteiger partial charge in [-0.2, -0.15) is 0 Å². The van der Waals surface area contributed by atoms with Crippen molar-refractivity contribution in [3.63, 3.8) is 0 Å². The molecular formula is C22H32IN3O3. The van der Waals surface area contributed by atoms with Crippen molar-refractivity contribution in [3.8, 4) is 5.75 Å². The highest BCUT2D eigenvalue weighted by molar-refractivity contribution is 14.0. The summed E-state index contributed by atoms with van der Waals surface area (Å²) in [4.78, 5) is 4.23. The third-order valence-electron chi connectivity index (χ3n) is 4.42. The lowest BCUT2D eigenvalue weighted by atomic mass is 10.0. The Balaban J connectivity index is 0.00000420. The normalized spacial score (nSPS) is 12.0. The number of aliphatic imine (C=N–C) groups is 1. The third-order valence-corrected chi connectivity index (χ3v) is 4.42. The van der Waals surface area contributed by atoms with Crippen molar-refractivity contribution >= 4 is 29.9 Å². The number of hydrogen-bond donors (Lipinski definition) is 3. The minimum absolute atomic E-state index is 0. The molecule has 0 aliphatic carbocycles. The summed E-state index contributed by atoms with van der Waals surface area (Å²) < 4.78 is 10.9. The van der Waals surface area contributed by atoms with Crippen LogP contribution in [0.4, 0.5) is 0 Å². The molecule has 3 N–H and O–H groups in total. The van der Waals surface area contributed by atoms with E-state index in [1.807, 2.05) is 54.6 Å². The van der Waals surface area contributed by atoms with Gasteiger partial charge in [-0.15, -0.1) is 24.0 Å². The van der Waals surface area contributed by atoms with Crippen LogP contribution < -0.4 is 15.4 Å². The van der Waals surface area contributed by atoms with Gasteiger partial charge in [0, 0.05) is 32.7 Å². The van der Waals surface area contributed by atoms with E-state index in [1.165, 1.54) is 0 Å². The third kappa shape index (κ3) is 9.47. The second kappa shape index (κ2) is 15.1. The molecule has 6 nitrogen and oxygen atoms in total. The van der Waals surface area contributed by atoms with Crippen LogP contribution in [-0.2, 0) is 11.3 Å². The van der Waals surface area contributed by atoms with Gasteiger partial charge in [0.25, 0.3) is 0 Å². The minimum Gasteiger partial charge on any atom is -0.497 e. The summed E-state index contributed by atoms with van der Waals surface area (Å²) in [5, 5.41) is 16.2. The van der Waals surface area contributed by atoms with E-state index in [2.05, 4.69) is 15.6 Å². The van der Waals surface area contributed by atoms with Gasteiger partial charge < -0.3 is 25.2 Å². The van der Waals surface area contributed by atoms with Gasteiger partial charge in [0.15, 0.2) is 5.96 Å². The van der Waals surface area contributed by atoms with Gasteiger partial charge in [0.2, 0.25) is 0 Å². The van der Waals surface area contributed by atoms with Crippen molar-refractivity contribution in [3.05, 3.63) is 65.7 Å². The van der Waals surface area contributed by atoms with E-state index >= 15 is 0 Å². The molecule has 0 aromatic heterocycles. The van der Waals surface area contributed by atoms with E-state index < -0.39 is 0 Å². The highest BCUT2D eigenvalue weighted by Crippen LogP contribution is 2.13. The van der Waals surface area contributed by atoms with Crippen LogP contribution in [0.2, 0.25) is 0 Å². The van der Waals surface area contributed by atoms with E-state index in [-0.39, 0.29) is 36.5 Å². The van der Waals surface area contributed by atoms with Crippen LogP contribution in [0.1, 0.15) is 23.5 Å². The molecule has 0 fully saturated rings. The number of hydrogen-bond acceptors (Lipinski definition) is 4. The predicted octanol–water partition coefficient (Wildman–Crippen LogP) is 3.16. The number of methoxy groups -OCH3 is 1. The molecule has 0 saturated carbocycles. The van der Waals surface area contributed by atoms with E-state index in [4.69, 9.17) is 9.47 Å². The summed E-state index contributed by atoms with van der Waals surface area (Å²) >= 11 is 0. The van der Waals surface area contributed by atoms with E-state index in [0.29, 0.717) is 19.8 Å². The molecule has 0 spiro atoms. The van der Waals surface area contributed by atoms with Crippen LogP contribution >= 0.6 is 24.0 Å². The van der Waals surface area contributed by atoms with Crippen molar-refractivity contribution in [1.82, 2.24) is 10.6 Å². The van der Waals surface area contributed by atoms with Gasteiger partial charge in [0.05, 0.1) is 20.3 Å². The lowest BCUT2D eigenvalue weighted by Crippen LogP contribution is -2.40. The molecule has 0 aliphatic rings. The molecule has 1 unspecified atom stereocenters. The van der Waals surface area contributed by atoms with Crippen LogP contribution in [0.5, 0.6) is 5.75 Å². The zero-order valence-corrected chi connectivity index (χ0v) is 19.5. The van der Waals surface area contributed by atoms with Gasteiger partial charge in [-0.3, -0.25) is 4.99 Å². The Labute approximate surface area is 190 Å². The minimum atomic E-state index is 0. The quantitative estimate of drug-likeness (QED) is 0.186. The number of aliphatic hydroxyl groups is 1. The fourth-order valence-corrected chi connectivity index (χ4v) is 2.75. The fraction of sp³-hybridized carbons (Fsp3) is 0.409. The molecule has 0 radical (unpaired) electrons. The SMILES string of the molecule is CN=C(NCCCOCc1ccc(OC)cc1)NCC(CO)c1ccccc1.I. The standard InChI is InChI=1S/C22H31N3O3.HI/c1-23-22(25-15-20(16-26)19-7-4-3-5-8-19)24-13-6-14-28-17-18-9-11-21(27-2)12-10-18;/h3-5,7-12,20,26H,6,13-17H2,1-2H3,(H2,23,24,25);1H. The molecule has 29 heavy (non-hydrogen) atoms. The zero-order valence-electron chi connectivity index (χ0n) is 17.1. The van der Waals surface area contributed by atoms with Crippen molar-refractivity contribution in [2.45, 2.75) is 18.9 Å². The molecule has 0 aliphatic heterocycles. The van der Waals surface area contributed by atoms with Crippen LogP contribution in [0.3, 0.4) is 0 Å². The highest BCUT2D eigenvalue weighted by atomic mass is 127. The molecule has 2 aromatic carbocycles. The molecule has 0 bridgehead atoms. The molecule has 0 amide bonds. The summed E-state index contributed by atoms with van der Waals surface area (Å²) in [7, 11) is 3.40. The molecule has 2 aromatic rings. The first-order valence-corrected chi connectivity index (χ1v) is 9.57. The van der Waals surface area contributed by atoms with Gasteiger partial charge in [0.1, 0.15) is 5.75 Å². The monoisotopic (exact) mass is 513 g/mol. The van der Waals surface area contributed by atoms with Gasteiger partial charge in [-0.25, -0.2) is 0 Å². The molecule has 0 heterocycles. The van der Waals surface area contributed by atoms with E-state index in [1.54, 1.807) is 14.2 Å². The maximum Gasteiger partial charge on any atom is 0.191 e. The maximum absolute atomic E-state index is 9.64. The van der Waals surface area contributed by atoms with Crippen LogP contribution in [0.15, 0.2) is 59.6 Å². The van der Waals surface area contributed by atoms with E-state index in [0.717, 1.165) is 35.8 Å². The molecular weight excluding hydrogens is 481 g/mol. The van der Waals surface area contributed by atoms with Crippen molar-refractivity contribution in [2.24, 2.45) is 4.99 Å². The number of halogens is 1. The van der Waals surface area contributed by atoms with Crippen molar-refractivity contribution in [1.29, 1.82) is 0 Å². The first-order chi connectivity index (χ1) is 13.8. The number of nitrogens with zero attached hydrogens (tertiary/aromatic N) is 1. The van der Waals surface area contributed by atoms with E-state index in [9.17, 15) is 5.11 Å². The Morgan fingerprint density at radius 1 is 1.07 bits per heavy atom. The second-order valence-corrected chi connectivity index (χ2v) is 6.42. The molecule has 160 valence electrons. The summed E-state index contributed by atoms with van der Waals surface area (Å²) in [6, 6.07) is 17.9. The molecule has 1 atom stereocenters. The summed E-state index contributed by atoms with van der Waals surface area (Å²) in [6.07, 6.45) is 0.874. The number of rotatable bonds is 11. The molecule has 2 rings (SSSR count). The lowest BCUT2D eigenvalue weighted by Gasteiger charge is -2.18. The van der Waals surface area contributed by atoms with Gasteiger partial charge in [-0.1, -0.05) is 42.5 Å². The second-order valence-electron chi connectivity index (χ2n) is 6.42. The van der Waals surface area contributed by atoms with Crippen LogP contribution in [-0.4, -0.2) is 51.5 Å².